The third-order valence-electron chi connectivity index (χ3n) is 5.17. The van der Waals surface area contributed by atoms with Crippen LogP contribution in [0.1, 0.15) is 37.9 Å². The summed E-state index contributed by atoms with van der Waals surface area (Å²) < 4.78 is 11.2. The molecule has 180 valence electrons. The minimum atomic E-state index is -0.360. The van der Waals surface area contributed by atoms with Gasteiger partial charge < -0.3 is 19.8 Å². The van der Waals surface area contributed by atoms with E-state index >= 15 is 0 Å². The zero-order valence-electron chi connectivity index (χ0n) is 20.0. The Morgan fingerprint density at radius 3 is 2.56 bits per heavy atom. The molecule has 1 aromatic heterocycles. The topological polar surface area (TPSA) is 106 Å². The number of amides is 1. The number of ether oxygens (including phenoxy) is 2. The fourth-order valence-electron chi connectivity index (χ4n) is 3.33. The highest BCUT2D eigenvalue weighted by Gasteiger charge is 2.12. The predicted molar refractivity (Wildman–Crippen MR) is 131 cm³/mol. The zero-order valence-corrected chi connectivity index (χ0v) is 20.0. The molecule has 0 unspecified atom stereocenters. The minimum Gasteiger partial charge on any atom is -0.493 e. The highest BCUT2D eigenvalue weighted by Crippen LogP contribution is 2.31. The molecule has 1 heterocycles. The molecule has 0 aliphatic carbocycles. The molecular formula is C26H32N4O4. The van der Waals surface area contributed by atoms with Gasteiger partial charge in [0, 0.05) is 24.9 Å². The largest absolute Gasteiger partial charge is 0.493 e. The minimum absolute atomic E-state index is 0.111. The Labute approximate surface area is 199 Å². The third-order valence-corrected chi connectivity index (χ3v) is 5.17. The first kappa shape index (κ1) is 25.0. The number of rotatable bonds is 12. The molecule has 0 fully saturated rings. The molecule has 8 nitrogen and oxygen atoms in total. The van der Waals surface area contributed by atoms with Crippen LogP contribution in [0.15, 0.2) is 53.3 Å². The summed E-state index contributed by atoms with van der Waals surface area (Å²) in [7, 11) is 1.56. The second-order valence-corrected chi connectivity index (χ2v) is 8.46. The van der Waals surface area contributed by atoms with Gasteiger partial charge in [0.15, 0.2) is 17.3 Å². The first-order valence-electron chi connectivity index (χ1n) is 11.5. The smallest absolute Gasteiger partial charge is 0.273 e. The number of aromatic amines is 1. The molecule has 0 saturated heterocycles. The molecule has 3 rings (SSSR count). The summed E-state index contributed by atoms with van der Waals surface area (Å²) in [6, 6.07) is 15.5. The second kappa shape index (κ2) is 12.5. The van der Waals surface area contributed by atoms with E-state index in [1.807, 2.05) is 18.2 Å². The van der Waals surface area contributed by atoms with Gasteiger partial charge in [-0.25, -0.2) is 0 Å². The van der Waals surface area contributed by atoms with Gasteiger partial charge in [-0.2, -0.15) is 0 Å². The van der Waals surface area contributed by atoms with Gasteiger partial charge in [-0.3, -0.25) is 9.59 Å². The van der Waals surface area contributed by atoms with Gasteiger partial charge in [-0.1, -0.05) is 44.2 Å². The SMILES string of the molecule is COc1cc(-c2nnc(CCC(=O)NCCCc3ccccc3)c(=O)[nH]2)ccc1OCC(C)C. The number of hydrogen-bond acceptors (Lipinski definition) is 6. The molecule has 34 heavy (non-hydrogen) atoms. The van der Waals surface area contributed by atoms with Crippen molar-refractivity contribution in [2.45, 2.75) is 39.5 Å². The van der Waals surface area contributed by atoms with Crippen LogP contribution in [0.25, 0.3) is 11.4 Å². The number of benzene rings is 2. The van der Waals surface area contributed by atoms with Crippen molar-refractivity contribution in [1.82, 2.24) is 20.5 Å². The maximum atomic E-state index is 12.5. The van der Waals surface area contributed by atoms with E-state index in [0.717, 1.165) is 12.8 Å². The molecule has 0 radical (unpaired) electrons. The van der Waals surface area contributed by atoms with E-state index in [2.05, 4.69) is 46.5 Å². The van der Waals surface area contributed by atoms with Crippen molar-refractivity contribution in [3.05, 3.63) is 70.1 Å². The van der Waals surface area contributed by atoms with Gasteiger partial charge in [0.2, 0.25) is 5.91 Å². The van der Waals surface area contributed by atoms with Crippen molar-refractivity contribution in [2.75, 3.05) is 20.3 Å². The van der Waals surface area contributed by atoms with Crippen LogP contribution in [0, 0.1) is 5.92 Å². The Kier molecular flexibility index (Phi) is 9.20. The lowest BCUT2D eigenvalue weighted by atomic mass is 10.1. The fourth-order valence-corrected chi connectivity index (χ4v) is 3.33. The molecule has 0 aliphatic heterocycles. The summed E-state index contributed by atoms with van der Waals surface area (Å²) in [4.78, 5) is 27.4. The standard InChI is InChI=1S/C26H32N4O4/c1-18(2)17-34-22-13-11-20(16-23(22)33-3)25-28-26(32)21(29-30-25)12-14-24(31)27-15-7-10-19-8-5-4-6-9-19/h4-6,8-9,11,13,16,18H,7,10,12,14-15,17H2,1-3H3,(H,27,31)(H,28,30,32). The number of aromatic nitrogens is 3. The monoisotopic (exact) mass is 464 g/mol. The lowest BCUT2D eigenvalue weighted by molar-refractivity contribution is -0.121. The quantitative estimate of drug-likeness (QED) is 0.397. The van der Waals surface area contributed by atoms with Crippen molar-refractivity contribution in [2.24, 2.45) is 5.92 Å². The van der Waals surface area contributed by atoms with Crippen LogP contribution in [0.2, 0.25) is 0 Å². The molecular weight excluding hydrogens is 432 g/mol. The highest BCUT2D eigenvalue weighted by atomic mass is 16.5. The Bertz CT molecular complexity index is 1130. The average molecular weight is 465 g/mol. The lowest BCUT2D eigenvalue weighted by Crippen LogP contribution is -2.26. The molecule has 8 heteroatoms. The molecule has 1 amide bonds. The van der Waals surface area contributed by atoms with Crippen LogP contribution in [0.4, 0.5) is 0 Å². The summed E-state index contributed by atoms with van der Waals surface area (Å²) in [5.74, 6) is 1.78. The molecule has 0 atom stereocenters. The van der Waals surface area contributed by atoms with E-state index in [0.29, 0.717) is 42.0 Å². The van der Waals surface area contributed by atoms with Gasteiger partial charge >= 0.3 is 0 Å². The highest BCUT2D eigenvalue weighted by molar-refractivity contribution is 5.76. The maximum absolute atomic E-state index is 12.5. The van der Waals surface area contributed by atoms with Crippen LogP contribution in [0.3, 0.4) is 0 Å². The number of carbonyl (C=O) groups excluding carboxylic acids is 1. The second-order valence-electron chi connectivity index (χ2n) is 8.46. The van der Waals surface area contributed by atoms with E-state index in [1.165, 1.54) is 5.56 Å². The maximum Gasteiger partial charge on any atom is 0.273 e. The number of hydrogen-bond donors (Lipinski definition) is 2. The number of aryl methyl sites for hydroxylation is 2. The summed E-state index contributed by atoms with van der Waals surface area (Å²) in [5, 5.41) is 11.1. The Balaban J connectivity index is 1.52. The summed E-state index contributed by atoms with van der Waals surface area (Å²) in [5.41, 5.74) is 1.77. The van der Waals surface area contributed by atoms with Crippen LogP contribution < -0.4 is 20.3 Å². The van der Waals surface area contributed by atoms with Gasteiger partial charge in [-0.05, 0) is 42.5 Å². The summed E-state index contributed by atoms with van der Waals surface area (Å²) in [6.45, 7) is 5.30. The fraction of sp³-hybridized carbons (Fsp3) is 0.385. The van der Waals surface area contributed by atoms with Gasteiger partial charge in [0.25, 0.3) is 5.56 Å². The normalized spacial score (nSPS) is 10.8. The van der Waals surface area contributed by atoms with Crippen molar-refractivity contribution in [1.29, 1.82) is 0 Å². The molecule has 3 aromatic rings. The first-order chi connectivity index (χ1) is 16.5. The van der Waals surface area contributed by atoms with Gasteiger partial charge in [-0.15, -0.1) is 10.2 Å². The van der Waals surface area contributed by atoms with Crippen molar-refractivity contribution < 1.29 is 14.3 Å². The zero-order chi connectivity index (χ0) is 24.3. The molecule has 0 spiro atoms. The van der Waals surface area contributed by atoms with Gasteiger partial charge in [0.1, 0.15) is 5.69 Å². The van der Waals surface area contributed by atoms with Crippen LogP contribution >= 0.6 is 0 Å². The van der Waals surface area contributed by atoms with Crippen LogP contribution in [0.5, 0.6) is 11.5 Å². The summed E-state index contributed by atoms with van der Waals surface area (Å²) >= 11 is 0. The number of H-pyrrole nitrogens is 1. The van der Waals surface area contributed by atoms with E-state index in [1.54, 1.807) is 25.3 Å². The number of nitrogens with one attached hydrogen (secondary N) is 2. The van der Waals surface area contributed by atoms with E-state index < -0.39 is 0 Å². The van der Waals surface area contributed by atoms with Crippen molar-refractivity contribution in [3.63, 3.8) is 0 Å². The van der Waals surface area contributed by atoms with E-state index in [-0.39, 0.29) is 30.0 Å². The van der Waals surface area contributed by atoms with Crippen LogP contribution in [-0.2, 0) is 17.6 Å². The third kappa shape index (κ3) is 7.43. The summed E-state index contributed by atoms with van der Waals surface area (Å²) in [6.07, 6.45) is 2.16. The van der Waals surface area contributed by atoms with E-state index in [4.69, 9.17) is 9.47 Å². The lowest BCUT2D eigenvalue weighted by Gasteiger charge is -2.13. The van der Waals surface area contributed by atoms with Crippen molar-refractivity contribution in [3.8, 4) is 22.9 Å². The average Bonchev–Trinajstić information content (AvgIpc) is 2.85. The Hall–Kier alpha value is -3.68. The Morgan fingerprint density at radius 1 is 1.06 bits per heavy atom. The van der Waals surface area contributed by atoms with Crippen LogP contribution in [-0.4, -0.2) is 41.3 Å². The molecule has 0 saturated carbocycles. The van der Waals surface area contributed by atoms with Gasteiger partial charge in [0.05, 0.1) is 13.7 Å². The number of methoxy groups -OCH3 is 1. The number of carbonyl (C=O) groups is 1. The molecule has 0 aliphatic rings. The van der Waals surface area contributed by atoms with E-state index in [9.17, 15) is 9.59 Å². The molecule has 2 N–H and O–H groups in total. The number of nitrogens with zero attached hydrogens (tertiary/aromatic N) is 2. The molecule has 0 bridgehead atoms. The van der Waals surface area contributed by atoms with Crippen molar-refractivity contribution >= 4 is 5.91 Å². The Morgan fingerprint density at radius 2 is 1.85 bits per heavy atom. The first-order valence-corrected chi connectivity index (χ1v) is 11.5. The molecule has 2 aromatic carbocycles. The predicted octanol–water partition coefficient (Wildman–Crippen LogP) is 3.56.